The number of ether oxygens (including phenoxy) is 1. The number of benzene rings is 1. The lowest BCUT2D eigenvalue weighted by atomic mass is 9.89. The molecule has 0 saturated carbocycles. The highest BCUT2D eigenvalue weighted by Gasteiger charge is 2.23. The van der Waals surface area contributed by atoms with Gasteiger partial charge in [-0.05, 0) is 60.6 Å². The Labute approximate surface area is 134 Å². The van der Waals surface area contributed by atoms with E-state index in [0.29, 0.717) is 5.92 Å². The number of rotatable bonds is 3. The molecule has 3 nitrogen and oxygen atoms in total. The topological polar surface area (TPSA) is 45.4 Å². The van der Waals surface area contributed by atoms with E-state index in [2.05, 4.69) is 18.0 Å². The molecular formula is C18H18N2OS. The average Bonchev–Trinajstić information content (AvgIpc) is 2.89. The van der Waals surface area contributed by atoms with Crippen LogP contribution in [-0.4, -0.2) is 13.3 Å². The molecule has 1 heterocycles. The molecule has 4 heteroatoms. The molecule has 1 unspecified atom stereocenters. The fourth-order valence-electron chi connectivity index (χ4n) is 2.77. The molecule has 1 aliphatic rings. The first-order valence-electron chi connectivity index (χ1n) is 7.44. The summed E-state index contributed by atoms with van der Waals surface area (Å²) >= 11 is 1.67. The van der Waals surface area contributed by atoms with E-state index in [1.165, 1.54) is 16.9 Å². The van der Waals surface area contributed by atoms with E-state index in [0.717, 1.165) is 34.7 Å². The first-order chi connectivity index (χ1) is 10.7. The highest BCUT2D eigenvalue weighted by atomic mass is 32.1. The van der Waals surface area contributed by atoms with Crippen LogP contribution in [0.15, 0.2) is 29.3 Å². The fourth-order valence-corrected chi connectivity index (χ4v) is 4.07. The first kappa shape index (κ1) is 14.8. The maximum Gasteiger partial charge on any atom is 0.134 e. The normalized spacial score (nSPS) is 17.2. The molecule has 3 rings (SSSR count). The second-order valence-electron chi connectivity index (χ2n) is 5.68. The minimum Gasteiger partial charge on any atom is -0.497 e. The third kappa shape index (κ3) is 2.90. The van der Waals surface area contributed by atoms with Gasteiger partial charge in [0.05, 0.1) is 12.7 Å². The zero-order valence-corrected chi connectivity index (χ0v) is 13.6. The Balaban J connectivity index is 1.88. The Hall–Kier alpha value is -2.12. The van der Waals surface area contributed by atoms with Crippen LogP contribution in [-0.2, 0) is 12.8 Å². The van der Waals surface area contributed by atoms with E-state index < -0.39 is 0 Å². The van der Waals surface area contributed by atoms with Gasteiger partial charge < -0.3 is 4.74 Å². The van der Waals surface area contributed by atoms with E-state index in [4.69, 9.17) is 4.74 Å². The zero-order valence-electron chi connectivity index (χ0n) is 12.8. The van der Waals surface area contributed by atoms with Gasteiger partial charge >= 0.3 is 0 Å². The lowest BCUT2D eigenvalue weighted by molar-refractivity contribution is 0.415. The van der Waals surface area contributed by atoms with E-state index in [-0.39, 0.29) is 0 Å². The Morgan fingerprint density at radius 1 is 1.36 bits per heavy atom. The van der Waals surface area contributed by atoms with Crippen LogP contribution in [0.4, 0.5) is 5.00 Å². The summed E-state index contributed by atoms with van der Waals surface area (Å²) in [5, 5.41) is 10.3. The van der Waals surface area contributed by atoms with Gasteiger partial charge in [0.15, 0.2) is 0 Å². The molecule has 22 heavy (non-hydrogen) atoms. The molecule has 0 radical (unpaired) electrons. The smallest absolute Gasteiger partial charge is 0.134 e. The van der Waals surface area contributed by atoms with Gasteiger partial charge in [0.25, 0.3) is 0 Å². The molecule has 112 valence electrons. The monoisotopic (exact) mass is 310 g/mol. The van der Waals surface area contributed by atoms with Crippen molar-refractivity contribution in [3.8, 4) is 11.8 Å². The molecule has 1 atom stereocenters. The Kier molecular flexibility index (Phi) is 4.26. The van der Waals surface area contributed by atoms with Crippen molar-refractivity contribution in [2.45, 2.75) is 26.2 Å². The van der Waals surface area contributed by atoms with Crippen molar-refractivity contribution in [3.05, 3.63) is 45.8 Å². The maximum absolute atomic E-state index is 9.46. The van der Waals surface area contributed by atoms with Crippen LogP contribution in [0, 0.1) is 17.2 Å². The van der Waals surface area contributed by atoms with Crippen molar-refractivity contribution in [1.82, 2.24) is 0 Å². The lowest BCUT2D eigenvalue weighted by Gasteiger charge is -2.17. The molecule has 1 aromatic carbocycles. The number of fused-ring (bicyclic) bond motifs is 1. The molecule has 0 aliphatic heterocycles. The van der Waals surface area contributed by atoms with Crippen molar-refractivity contribution in [2.24, 2.45) is 10.9 Å². The van der Waals surface area contributed by atoms with E-state index >= 15 is 0 Å². The molecule has 1 aromatic heterocycles. The Morgan fingerprint density at radius 2 is 2.14 bits per heavy atom. The van der Waals surface area contributed by atoms with Crippen molar-refractivity contribution in [2.75, 3.05) is 7.11 Å². The summed E-state index contributed by atoms with van der Waals surface area (Å²) in [6.07, 6.45) is 5.07. The molecular weight excluding hydrogens is 292 g/mol. The summed E-state index contributed by atoms with van der Waals surface area (Å²) in [6.45, 7) is 2.27. The van der Waals surface area contributed by atoms with Crippen molar-refractivity contribution >= 4 is 22.6 Å². The molecule has 0 spiro atoms. The molecule has 1 aliphatic carbocycles. The quantitative estimate of drug-likeness (QED) is 0.783. The number of methoxy groups -OCH3 is 1. The number of thiophene rings is 1. The Morgan fingerprint density at radius 3 is 2.82 bits per heavy atom. The summed E-state index contributed by atoms with van der Waals surface area (Å²) in [5.41, 5.74) is 3.01. The molecule has 2 aromatic rings. The highest BCUT2D eigenvalue weighted by molar-refractivity contribution is 7.16. The van der Waals surface area contributed by atoms with Crippen LogP contribution in [0.5, 0.6) is 5.75 Å². The summed E-state index contributed by atoms with van der Waals surface area (Å²) in [6, 6.07) is 10.1. The van der Waals surface area contributed by atoms with Gasteiger partial charge in [-0.25, -0.2) is 4.99 Å². The minimum absolute atomic E-state index is 0.705. The number of aliphatic imine (C=N–C) groups is 1. The SMILES string of the molecule is COc1ccc(C=Nc2sc3c(c2C#N)CCC(C)C3)cc1. The van der Waals surface area contributed by atoms with Crippen LogP contribution in [0.1, 0.15) is 34.9 Å². The predicted octanol–water partition coefficient (Wildman–Crippen LogP) is 4.50. The van der Waals surface area contributed by atoms with Crippen LogP contribution in [0.3, 0.4) is 0 Å². The van der Waals surface area contributed by atoms with Gasteiger partial charge in [-0.2, -0.15) is 5.26 Å². The average molecular weight is 310 g/mol. The standard InChI is InChI=1S/C18H18N2OS/c1-12-3-8-15-16(10-19)18(22-17(15)9-12)20-11-13-4-6-14(21-2)7-5-13/h4-7,11-12H,3,8-9H2,1-2H3. The van der Waals surface area contributed by atoms with Gasteiger partial charge in [-0.1, -0.05) is 6.92 Å². The molecule has 0 saturated heterocycles. The van der Waals surface area contributed by atoms with Crippen molar-refractivity contribution < 1.29 is 4.74 Å². The second-order valence-corrected chi connectivity index (χ2v) is 6.76. The number of nitrogens with zero attached hydrogens (tertiary/aromatic N) is 2. The van der Waals surface area contributed by atoms with Gasteiger partial charge in [0.2, 0.25) is 0 Å². The molecule has 0 N–H and O–H groups in total. The Bertz CT molecular complexity index is 738. The second kappa shape index (κ2) is 6.33. The molecule has 0 bridgehead atoms. The van der Waals surface area contributed by atoms with Gasteiger partial charge in [-0.15, -0.1) is 11.3 Å². The number of hydrogen-bond donors (Lipinski definition) is 0. The largest absolute Gasteiger partial charge is 0.497 e. The number of nitriles is 1. The van der Waals surface area contributed by atoms with Crippen molar-refractivity contribution in [3.63, 3.8) is 0 Å². The minimum atomic E-state index is 0.705. The van der Waals surface area contributed by atoms with Gasteiger partial charge in [0.1, 0.15) is 16.8 Å². The molecule has 0 fully saturated rings. The third-order valence-electron chi connectivity index (χ3n) is 4.05. The van der Waals surface area contributed by atoms with Gasteiger partial charge in [0, 0.05) is 11.1 Å². The van der Waals surface area contributed by atoms with Crippen LogP contribution in [0.25, 0.3) is 0 Å². The fraction of sp³-hybridized carbons (Fsp3) is 0.333. The number of hydrogen-bond acceptors (Lipinski definition) is 4. The summed E-state index contributed by atoms with van der Waals surface area (Å²) in [7, 11) is 1.65. The summed E-state index contributed by atoms with van der Waals surface area (Å²) in [4.78, 5) is 5.91. The van der Waals surface area contributed by atoms with E-state index in [1.54, 1.807) is 18.4 Å². The van der Waals surface area contributed by atoms with Gasteiger partial charge in [-0.3, -0.25) is 0 Å². The van der Waals surface area contributed by atoms with E-state index in [1.807, 2.05) is 30.5 Å². The highest BCUT2D eigenvalue weighted by Crippen LogP contribution is 2.40. The van der Waals surface area contributed by atoms with Crippen molar-refractivity contribution in [1.29, 1.82) is 5.26 Å². The molecule has 0 amide bonds. The maximum atomic E-state index is 9.46. The third-order valence-corrected chi connectivity index (χ3v) is 5.21. The lowest BCUT2D eigenvalue weighted by Crippen LogP contribution is -2.09. The van der Waals surface area contributed by atoms with Crippen LogP contribution < -0.4 is 4.74 Å². The predicted molar refractivity (Wildman–Crippen MR) is 90.5 cm³/mol. The van der Waals surface area contributed by atoms with Crippen LogP contribution >= 0.6 is 11.3 Å². The summed E-state index contributed by atoms with van der Waals surface area (Å²) in [5.74, 6) is 1.53. The van der Waals surface area contributed by atoms with E-state index in [9.17, 15) is 5.26 Å². The zero-order chi connectivity index (χ0) is 15.5. The first-order valence-corrected chi connectivity index (χ1v) is 8.25. The van der Waals surface area contributed by atoms with Crippen LogP contribution in [0.2, 0.25) is 0 Å². The summed E-state index contributed by atoms with van der Waals surface area (Å²) < 4.78 is 5.15.